The number of nitrogens with zero attached hydrogens (tertiary/aromatic N) is 1. The van der Waals surface area contributed by atoms with Gasteiger partial charge in [-0.3, -0.25) is 4.79 Å². The van der Waals surface area contributed by atoms with Gasteiger partial charge in [0.2, 0.25) is 0 Å². The molecule has 1 fully saturated rings. The molecule has 31 heavy (non-hydrogen) atoms. The third kappa shape index (κ3) is 3.64. The number of likely N-dealkylation sites (tertiary alicyclic amines) is 1. The summed E-state index contributed by atoms with van der Waals surface area (Å²) >= 11 is 0. The van der Waals surface area contributed by atoms with Crippen LogP contribution in [0.4, 0.5) is 13.2 Å². The van der Waals surface area contributed by atoms with Crippen molar-refractivity contribution < 1.29 is 32.9 Å². The molecular formula is C22H20F3NO5. The van der Waals surface area contributed by atoms with Gasteiger partial charge in [0, 0.05) is 35.2 Å². The highest BCUT2D eigenvalue weighted by molar-refractivity contribution is 5.89. The second-order valence-corrected chi connectivity index (χ2v) is 7.71. The summed E-state index contributed by atoms with van der Waals surface area (Å²) in [5, 5.41) is 30.5. The molecule has 2 heterocycles. The number of aliphatic hydroxyl groups is 1. The number of hydrogen-bond acceptors (Lipinski definition) is 6. The first-order valence-corrected chi connectivity index (χ1v) is 9.63. The van der Waals surface area contributed by atoms with E-state index in [1.807, 2.05) is 11.9 Å². The number of hydrogen-bond donors (Lipinski definition) is 3. The van der Waals surface area contributed by atoms with Crippen LogP contribution in [0.2, 0.25) is 0 Å². The molecule has 1 aromatic heterocycles. The molecular weight excluding hydrogens is 415 g/mol. The van der Waals surface area contributed by atoms with Crippen LogP contribution in [0.25, 0.3) is 22.3 Å². The average Bonchev–Trinajstić information content (AvgIpc) is 3.06. The number of fused-ring (bicyclic) bond motifs is 1. The van der Waals surface area contributed by atoms with E-state index in [-0.39, 0.29) is 52.2 Å². The van der Waals surface area contributed by atoms with Gasteiger partial charge in [0.15, 0.2) is 5.43 Å². The van der Waals surface area contributed by atoms with E-state index in [2.05, 4.69) is 0 Å². The van der Waals surface area contributed by atoms with Crippen LogP contribution in [0, 0.1) is 0 Å². The summed E-state index contributed by atoms with van der Waals surface area (Å²) in [7, 11) is 1.82. The Kier molecular flexibility index (Phi) is 5.18. The van der Waals surface area contributed by atoms with Crippen molar-refractivity contribution in [2.75, 3.05) is 20.2 Å². The SMILES string of the molecule is CN1CCC(c2c(O)cc(O)c3c(=O)cc(-c4ccc(C(F)(F)F)cc4)oc23)C1CO. The maximum atomic E-state index is 12.9. The fourth-order valence-corrected chi connectivity index (χ4v) is 4.26. The fourth-order valence-electron chi connectivity index (χ4n) is 4.26. The van der Waals surface area contributed by atoms with Crippen molar-refractivity contribution >= 4 is 11.0 Å². The second-order valence-electron chi connectivity index (χ2n) is 7.71. The van der Waals surface area contributed by atoms with Gasteiger partial charge in [0.1, 0.15) is 28.2 Å². The van der Waals surface area contributed by atoms with E-state index in [1.54, 1.807) is 0 Å². The molecule has 0 spiro atoms. The highest BCUT2D eigenvalue weighted by Crippen LogP contribution is 2.44. The molecule has 2 unspecified atom stereocenters. The molecule has 1 aliphatic heterocycles. The van der Waals surface area contributed by atoms with E-state index >= 15 is 0 Å². The Morgan fingerprint density at radius 3 is 2.42 bits per heavy atom. The number of likely N-dealkylation sites (N-methyl/N-ethyl adjacent to an activating group) is 1. The maximum absolute atomic E-state index is 12.9. The first-order valence-electron chi connectivity index (χ1n) is 9.63. The van der Waals surface area contributed by atoms with Gasteiger partial charge in [0.25, 0.3) is 0 Å². The molecule has 0 bridgehead atoms. The van der Waals surface area contributed by atoms with Gasteiger partial charge < -0.3 is 24.6 Å². The smallest absolute Gasteiger partial charge is 0.416 e. The zero-order valence-corrected chi connectivity index (χ0v) is 16.5. The summed E-state index contributed by atoms with van der Waals surface area (Å²) in [6.07, 6.45) is -3.93. The molecule has 6 nitrogen and oxygen atoms in total. The predicted molar refractivity (Wildman–Crippen MR) is 107 cm³/mol. The van der Waals surface area contributed by atoms with Gasteiger partial charge in [-0.1, -0.05) is 12.1 Å². The third-order valence-electron chi connectivity index (χ3n) is 5.88. The largest absolute Gasteiger partial charge is 0.507 e. The van der Waals surface area contributed by atoms with Gasteiger partial charge in [-0.25, -0.2) is 0 Å². The molecule has 9 heteroatoms. The molecule has 3 aromatic rings. The number of aromatic hydroxyl groups is 2. The lowest BCUT2D eigenvalue weighted by atomic mass is 9.89. The highest BCUT2D eigenvalue weighted by Gasteiger charge is 2.36. The van der Waals surface area contributed by atoms with Crippen LogP contribution < -0.4 is 5.43 Å². The Labute approximate surface area is 174 Å². The Hall–Kier alpha value is -3.04. The van der Waals surface area contributed by atoms with Crippen molar-refractivity contribution in [1.82, 2.24) is 4.90 Å². The molecule has 1 aliphatic rings. The van der Waals surface area contributed by atoms with Crippen molar-refractivity contribution in [1.29, 1.82) is 0 Å². The molecule has 3 N–H and O–H groups in total. The minimum atomic E-state index is -4.50. The van der Waals surface area contributed by atoms with Gasteiger partial charge >= 0.3 is 6.18 Å². The van der Waals surface area contributed by atoms with Crippen LogP contribution in [0.15, 0.2) is 45.6 Å². The Balaban J connectivity index is 1.92. The summed E-state index contributed by atoms with van der Waals surface area (Å²) in [5.74, 6) is -1.11. The Morgan fingerprint density at radius 2 is 1.81 bits per heavy atom. The van der Waals surface area contributed by atoms with Crippen LogP contribution in [-0.4, -0.2) is 46.5 Å². The normalized spacial score (nSPS) is 19.9. The van der Waals surface area contributed by atoms with Crippen LogP contribution in [-0.2, 0) is 6.18 Å². The number of benzene rings is 2. The molecule has 0 radical (unpaired) electrons. The molecule has 2 atom stereocenters. The maximum Gasteiger partial charge on any atom is 0.416 e. The van der Waals surface area contributed by atoms with Crippen LogP contribution in [0.3, 0.4) is 0 Å². The molecule has 164 valence electrons. The molecule has 0 aliphatic carbocycles. The van der Waals surface area contributed by atoms with Crippen molar-refractivity contribution in [3.8, 4) is 22.8 Å². The number of halogens is 3. The van der Waals surface area contributed by atoms with E-state index in [9.17, 15) is 33.3 Å². The minimum absolute atomic E-state index is 0.00405. The van der Waals surface area contributed by atoms with Crippen LogP contribution in [0.5, 0.6) is 11.5 Å². The van der Waals surface area contributed by atoms with Gasteiger partial charge in [-0.15, -0.1) is 0 Å². The number of alkyl halides is 3. The topological polar surface area (TPSA) is 94.1 Å². The highest BCUT2D eigenvalue weighted by atomic mass is 19.4. The number of aliphatic hydroxyl groups excluding tert-OH is 1. The summed E-state index contributed by atoms with van der Waals surface area (Å²) in [6, 6.07) is 5.97. The molecule has 2 aromatic carbocycles. The first kappa shape index (κ1) is 21.2. The van der Waals surface area contributed by atoms with E-state index in [1.165, 1.54) is 12.1 Å². The van der Waals surface area contributed by atoms with E-state index in [4.69, 9.17) is 4.42 Å². The second kappa shape index (κ2) is 7.58. The van der Waals surface area contributed by atoms with E-state index in [0.717, 1.165) is 24.3 Å². The summed E-state index contributed by atoms with van der Waals surface area (Å²) in [6.45, 7) is 0.451. The van der Waals surface area contributed by atoms with Crippen LogP contribution >= 0.6 is 0 Å². The first-order chi connectivity index (χ1) is 14.6. The molecule has 4 rings (SSSR count). The molecule has 1 saturated heterocycles. The lowest BCUT2D eigenvalue weighted by Gasteiger charge is -2.24. The lowest BCUT2D eigenvalue weighted by molar-refractivity contribution is -0.137. The Morgan fingerprint density at radius 1 is 1.13 bits per heavy atom. The van der Waals surface area contributed by atoms with Gasteiger partial charge in [-0.05, 0) is 32.1 Å². The standard InChI is InChI=1S/C22H20F3NO5/c1-26-7-6-13(14(26)10-27)19-15(28)8-16(29)20-17(30)9-18(31-21(19)20)11-2-4-12(5-3-11)22(23,24)25/h2-5,8-9,13-14,27-29H,6-7,10H2,1H3. The van der Waals surface area contributed by atoms with Crippen LogP contribution in [0.1, 0.15) is 23.5 Å². The number of phenolic OH excluding ortho intramolecular Hbond substituents is 2. The minimum Gasteiger partial charge on any atom is -0.507 e. The predicted octanol–water partition coefficient (Wildman–Crippen LogP) is 3.67. The van der Waals surface area contributed by atoms with Crippen molar-refractivity contribution in [2.45, 2.75) is 24.6 Å². The van der Waals surface area contributed by atoms with Crippen molar-refractivity contribution in [3.05, 3.63) is 57.7 Å². The van der Waals surface area contributed by atoms with Crippen molar-refractivity contribution in [2.24, 2.45) is 0 Å². The zero-order valence-electron chi connectivity index (χ0n) is 16.5. The summed E-state index contributed by atoms with van der Waals surface area (Å²) < 4.78 is 44.5. The van der Waals surface area contributed by atoms with Gasteiger partial charge in [0.05, 0.1) is 12.2 Å². The van der Waals surface area contributed by atoms with Gasteiger partial charge in [-0.2, -0.15) is 13.2 Å². The van der Waals surface area contributed by atoms with Crippen molar-refractivity contribution in [3.63, 3.8) is 0 Å². The summed E-state index contributed by atoms with van der Waals surface area (Å²) in [4.78, 5) is 14.7. The molecule has 0 saturated carbocycles. The molecule has 0 amide bonds. The number of rotatable bonds is 3. The zero-order chi connectivity index (χ0) is 22.5. The fraction of sp³-hybridized carbons (Fsp3) is 0.318. The van der Waals surface area contributed by atoms with E-state index < -0.39 is 22.9 Å². The number of phenols is 2. The van der Waals surface area contributed by atoms with E-state index in [0.29, 0.717) is 13.0 Å². The average molecular weight is 435 g/mol. The third-order valence-corrected chi connectivity index (χ3v) is 5.88. The Bertz CT molecular complexity index is 1190. The summed E-state index contributed by atoms with van der Waals surface area (Å²) in [5.41, 5.74) is -0.958. The quantitative estimate of drug-likeness (QED) is 0.581. The monoisotopic (exact) mass is 435 g/mol. The lowest BCUT2D eigenvalue weighted by Crippen LogP contribution is -2.32.